The highest BCUT2D eigenvalue weighted by Gasteiger charge is 2.33. The summed E-state index contributed by atoms with van der Waals surface area (Å²) >= 11 is 6.02. The van der Waals surface area contributed by atoms with Crippen LogP contribution >= 0.6 is 11.6 Å². The van der Waals surface area contributed by atoms with Crippen molar-refractivity contribution in [3.05, 3.63) is 87.7 Å². The molecule has 2 aromatic carbocycles. The molecular formula is C24H19ClN2O4. The maximum Gasteiger partial charge on any atom is 0.373 e. The van der Waals surface area contributed by atoms with Crippen LogP contribution in [0.2, 0.25) is 5.02 Å². The smallest absolute Gasteiger partial charge is 0.373 e. The number of rotatable bonds is 2. The number of halogens is 1. The van der Waals surface area contributed by atoms with Gasteiger partial charge >= 0.3 is 6.15 Å². The fourth-order valence-corrected chi connectivity index (χ4v) is 4.57. The third-order valence-electron chi connectivity index (χ3n) is 5.66. The van der Waals surface area contributed by atoms with E-state index >= 15 is 0 Å². The number of hydrogen-bond donors (Lipinski definition) is 2. The fourth-order valence-electron chi connectivity index (χ4n) is 4.40. The van der Waals surface area contributed by atoms with E-state index in [1.54, 1.807) is 6.07 Å². The number of Topliss-reactive ketones (excluding diaryl/α,β-unsaturated/α-hetero) is 1. The van der Waals surface area contributed by atoms with E-state index in [1.807, 2.05) is 18.3 Å². The molecule has 2 aliphatic rings. The normalized spacial score (nSPS) is 16.8. The Morgan fingerprint density at radius 2 is 1.97 bits per heavy atom. The molecule has 6 nitrogen and oxygen atoms in total. The van der Waals surface area contributed by atoms with Crippen molar-refractivity contribution in [1.29, 1.82) is 0 Å². The van der Waals surface area contributed by atoms with E-state index in [-0.39, 0.29) is 29.3 Å². The van der Waals surface area contributed by atoms with Crippen molar-refractivity contribution < 1.29 is 19.5 Å². The minimum Gasteiger partial charge on any atom is -0.507 e. The van der Waals surface area contributed by atoms with Gasteiger partial charge in [0.2, 0.25) is 0 Å². The van der Waals surface area contributed by atoms with Crippen molar-refractivity contribution in [2.24, 2.45) is 0 Å². The lowest BCUT2D eigenvalue weighted by Gasteiger charge is -2.38. The number of hydrogen-bond acceptors (Lipinski definition) is 5. The number of aromatic nitrogens is 1. The number of allylic oxidation sites excluding steroid dienone is 2. The molecule has 0 saturated carbocycles. The van der Waals surface area contributed by atoms with Crippen LogP contribution in [0.4, 0.5) is 0 Å². The first-order valence-corrected chi connectivity index (χ1v) is 10.1. The first kappa shape index (κ1) is 20.7. The maximum absolute atomic E-state index is 13.0. The molecule has 2 aliphatic heterocycles. The van der Waals surface area contributed by atoms with E-state index in [4.69, 9.17) is 21.2 Å². The number of H-pyrrole nitrogens is 1. The van der Waals surface area contributed by atoms with Crippen LogP contribution in [-0.4, -0.2) is 33.5 Å². The van der Waals surface area contributed by atoms with E-state index in [0.29, 0.717) is 10.6 Å². The summed E-state index contributed by atoms with van der Waals surface area (Å²) in [4.78, 5) is 35.1. The summed E-state index contributed by atoms with van der Waals surface area (Å²) in [5, 5.41) is 11.8. The van der Waals surface area contributed by atoms with Crippen molar-refractivity contribution in [2.75, 3.05) is 6.54 Å². The quantitative estimate of drug-likeness (QED) is 0.576. The molecule has 3 aromatic rings. The van der Waals surface area contributed by atoms with Gasteiger partial charge in [-0.25, -0.2) is 0 Å². The van der Waals surface area contributed by atoms with Gasteiger partial charge in [0.05, 0.1) is 11.6 Å². The molecule has 0 amide bonds. The van der Waals surface area contributed by atoms with Gasteiger partial charge in [0.25, 0.3) is 0 Å². The number of nitrogens with zero attached hydrogens (tertiary/aromatic N) is 1. The van der Waals surface area contributed by atoms with Crippen LogP contribution in [0, 0.1) is 0 Å². The predicted molar refractivity (Wildman–Crippen MR) is 116 cm³/mol. The number of fused-ring (bicyclic) bond motifs is 5. The van der Waals surface area contributed by atoms with Crippen molar-refractivity contribution in [2.45, 2.75) is 19.4 Å². The van der Waals surface area contributed by atoms with Gasteiger partial charge in [-0.05, 0) is 54.8 Å². The zero-order valence-corrected chi connectivity index (χ0v) is 17.4. The number of phenols is 1. The lowest BCUT2D eigenvalue weighted by Crippen LogP contribution is -2.34. The Labute approximate surface area is 183 Å². The predicted octanol–water partition coefficient (Wildman–Crippen LogP) is 4.57. The molecule has 156 valence electrons. The van der Waals surface area contributed by atoms with Gasteiger partial charge in [-0.2, -0.15) is 9.59 Å². The average molecular weight is 435 g/mol. The standard InChI is InChI=1S/C23H19ClN2O2.CO2/c1-13-10-14(23(28)18-11-15(24)6-7-20(18)27)12-26-9-8-17-16-4-2-3-5-19(16)25-21(17)22(13)26;2-1-3/h2-7,10-12,22,25,27H,8-9H2,1H3;. The van der Waals surface area contributed by atoms with E-state index < -0.39 is 0 Å². The zero-order valence-electron chi connectivity index (χ0n) is 16.7. The maximum atomic E-state index is 13.0. The Hall–Kier alpha value is -3.60. The van der Waals surface area contributed by atoms with Crippen molar-refractivity contribution in [1.82, 2.24) is 9.88 Å². The number of nitrogens with one attached hydrogen (secondary N) is 1. The molecular weight excluding hydrogens is 416 g/mol. The molecule has 0 bridgehead atoms. The van der Waals surface area contributed by atoms with Crippen molar-refractivity contribution in [3.63, 3.8) is 0 Å². The summed E-state index contributed by atoms with van der Waals surface area (Å²) in [6.07, 6.45) is 5.00. The SMILES string of the molecule is CC1=CC(C(=O)c2cc(Cl)ccc2O)=CN2CCc3c([nH]c4ccccc34)C12.O=C=O. The summed E-state index contributed by atoms with van der Waals surface area (Å²) < 4.78 is 0. The van der Waals surface area contributed by atoms with Crippen LogP contribution in [0.25, 0.3) is 10.9 Å². The first-order chi connectivity index (χ1) is 14.9. The second-order valence-electron chi connectivity index (χ2n) is 7.50. The Kier molecular flexibility index (Phi) is 5.51. The number of phenolic OH excluding ortho intramolecular Hbond substituents is 1. The largest absolute Gasteiger partial charge is 0.507 e. The number of para-hydroxylation sites is 1. The molecule has 0 fully saturated rings. The second-order valence-corrected chi connectivity index (χ2v) is 7.94. The molecule has 0 aliphatic carbocycles. The summed E-state index contributed by atoms with van der Waals surface area (Å²) in [5.74, 6) is -0.278. The van der Waals surface area contributed by atoms with Crippen LogP contribution in [0.3, 0.4) is 0 Å². The van der Waals surface area contributed by atoms with Crippen LogP contribution in [0.1, 0.15) is 34.6 Å². The average Bonchev–Trinajstić information content (AvgIpc) is 3.14. The number of carbonyl (C=O) groups excluding carboxylic acids is 3. The molecule has 1 unspecified atom stereocenters. The molecule has 0 radical (unpaired) electrons. The van der Waals surface area contributed by atoms with E-state index in [1.165, 1.54) is 28.8 Å². The zero-order chi connectivity index (χ0) is 22.1. The Bertz CT molecular complexity index is 1280. The van der Waals surface area contributed by atoms with Crippen LogP contribution in [0.15, 0.2) is 65.9 Å². The number of ketones is 1. The molecule has 7 heteroatoms. The monoisotopic (exact) mass is 434 g/mol. The molecule has 3 heterocycles. The third-order valence-corrected chi connectivity index (χ3v) is 5.89. The first-order valence-electron chi connectivity index (χ1n) is 9.72. The van der Waals surface area contributed by atoms with Gasteiger partial charge in [-0.3, -0.25) is 4.79 Å². The third kappa shape index (κ3) is 3.67. The molecule has 1 atom stereocenters. The van der Waals surface area contributed by atoms with E-state index in [2.05, 4.69) is 35.0 Å². The second kappa shape index (κ2) is 8.26. The van der Waals surface area contributed by atoms with E-state index in [0.717, 1.165) is 24.1 Å². The Balaban J connectivity index is 0.000000730. The molecule has 0 saturated heterocycles. The van der Waals surface area contributed by atoms with E-state index in [9.17, 15) is 9.90 Å². The summed E-state index contributed by atoms with van der Waals surface area (Å²) in [5.41, 5.74) is 5.60. The summed E-state index contributed by atoms with van der Waals surface area (Å²) in [6.45, 7) is 2.89. The highest BCUT2D eigenvalue weighted by molar-refractivity contribution is 6.31. The van der Waals surface area contributed by atoms with Crippen LogP contribution in [0.5, 0.6) is 5.75 Å². The van der Waals surface area contributed by atoms with Gasteiger partial charge in [0, 0.05) is 39.9 Å². The molecule has 1 aromatic heterocycles. The number of carbonyl (C=O) groups is 1. The van der Waals surface area contributed by atoms with Gasteiger partial charge < -0.3 is 15.0 Å². The Morgan fingerprint density at radius 1 is 1.23 bits per heavy atom. The molecule has 31 heavy (non-hydrogen) atoms. The molecule has 2 N–H and O–H groups in total. The number of aromatic amines is 1. The fraction of sp³-hybridized carbons (Fsp3) is 0.167. The summed E-state index contributed by atoms with van der Waals surface area (Å²) in [7, 11) is 0. The molecule has 0 spiro atoms. The lowest BCUT2D eigenvalue weighted by molar-refractivity contribution is -0.191. The number of aromatic hydroxyl groups is 1. The van der Waals surface area contributed by atoms with Gasteiger partial charge in [0.1, 0.15) is 5.75 Å². The van der Waals surface area contributed by atoms with Gasteiger partial charge in [0.15, 0.2) is 5.78 Å². The number of benzene rings is 2. The minimum absolute atomic E-state index is 0.0555. The molecule has 5 rings (SSSR count). The topological polar surface area (TPSA) is 90.5 Å². The van der Waals surface area contributed by atoms with Crippen LogP contribution < -0.4 is 0 Å². The Morgan fingerprint density at radius 3 is 2.74 bits per heavy atom. The minimum atomic E-state index is -0.222. The highest BCUT2D eigenvalue weighted by Crippen LogP contribution is 2.41. The van der Waals surface area contributed by atoms with Gasteiger partial charge in [-0.15, -0.1) is 0 Å². The lowest BCUT2D eigenvalue weighted by atomic mass is 9.88. The highest BCUT2D eigenvalue weighted by atomic mass is 35.5. The van der Waals surface area contributed by atoms with Gasteiger partial charge in [-0.1, -0.05) is 29.8 Å². The summed E-state index contributed by atoms with van der Waals surface area (Å²) in [6, 6.07) is 13.0. The van der Waals surface area contributed by atoms with Crippen LogP contribution in [-0.2, 0) is 16.0 Å². The van der Waals surface area contributed by atoms with Crippen molar-refractivity contribution >= 4 is 34.4 Å². The van der Waals surface area contributed by atoms with Crippen molar-refractivity contribution in [3.8, 4) is 5.75 Å².